The summed E-state index contributed by atoms with van der Waals surface area (Å²) in [6, 6.07) is 15.3. The van der Waals surface area contributed by atoms with Crippen molar-refractivity contribution in [3.63, 3.8) is 0 Å². The molecule has 3 rings (SSSR count). The number of carbonyl (C=O) groups excluding carboxylic acids is 1. The lowest BCUT2D eigenvalue weighted by atomic mass is 10.1. The summed E-state index contributed by atoms with van der Waals surface area (Å²) in [4.78, 5) is 12.2. The molecule has 1 heterocycles. The number of Topliss-reactive ketones (excluding diaryl/α,β-unsaturated/α-hetero) is 1. The van der Waals surface area contributed by atoms with Crippen molar-refractivity contribution < 1.29 is 4.79 Å². The van der Waals surface area contributed by atoms with E-state index in [2.05, 4.69) is 15.5 Å². The summed E-state index contributed by atoms with van der Waals surface area (Å²) < 4.78 is 0.838. The van der Waals surface area contributed by atoms with Crippen molar-refractivity contribution in [1.82, 2.24) is 10.2 Å². The lowest BCUT2D eigenvalue weighted by Gasteiger charge is -2.02. The number of thioether (sulfide) groups is 1. The van der Waals surface area contributed by atoms with Crippen LogP contribution in [0.3, 0.4) is 0 Å². The Morgan fingerprint density at radius 1 is 1.16 bits per heavy atom. The van der Waals surface area contributed by atoms with Gasteiger partial charge in [-0.25, -0.2) is 0 Å². The van der Waals surface area contributed by atoms with Crippen LogP contribution in [0.5, 0.6) is 0 Å². The van der Waals surface area contributed by atoms with Crippen LogP contribution in [0.4, 0.5) is 5.13 Å². The van der Waals surface area contributed by atoms with Crippen LogP contribution < -0.4 is 5.32 Å². The van der Waals surface area contributed by atoms with Gasteiger partial charge in [-0.15, -0.1) is 10.2 Å². The zero-order valence-electron chi connectivity index (χ0n) is 13.5. The molecule has 0 spiro atoms. The molecule has 128 valence electrons. The highest BCUT2D eigenvalue weighted by Gasteiger charge is 2.09. The quantitative estimate of drug-likeness (QED) is 0.450. The number of halogens is 1. The van der Waals surface area contributed by atoms with Gasteiger partial charge in [0.2, 0.25) is 5.13 Å². The largest absolute Gasteiger partial charge is 0.353 e. The predicted octanol–water partition coefficient (Wildman–Crippen LogP) is 5.09. The standard InChI is InChI=1S/C18H16ClN3OS2/c1-12-6-8-13(9-7-12)16(23)10-20-17-21-22-18(25-17)24-11-14-4-2-3-5-15(14)19/h2-9H,10-11H2,1H3,(H,20,21). The summed E-state index contributed by atoms with van der Waals surface area (Å²) in [5.74, 6) is 0.761. The van der Waals surface area contributed by atoms with Crippen molar-refractivity contribution in [2.45, 2.75) is 17.0 Å². The molecular weight excluding hydrogens is 374 g/mol. The first-order chi connectivity index (χ1) is 12.1. The molecule has 1 N–H and O–H groups in total. The van der Waals surface area contributed by atoms with E-state index in [9.17, 15) is 4.79 Å². The number of hydrogen-bond donors (Lipinski definition) is 1. The van der Waals surface area contributed by atoms with Gasteiger partial charge in [-0.3, -0.25) is 4.79 Å². The van der Waals surface area contributed by atoms with E-state index in [0.717, 1.165) is 26.2 Å². The van der Waals surface area contributed by atoms with Crippen molar-refractivity contribution in [3.8, 4) is 0 Å². The summed E-state index contributed by atoms with van der Waals surface area (Å²) >= 11 is 9.16. The van der Waals surface area contributed by atoms with Crippen LogP contribution >= 0.6 is 34.7 Å². The maximum absolute atomic E-state index is 12.2. The molecule has 2 aromatic carbocycles. The van der Waals surface area contributed by atoms with Gasteiger partial charge in [0.25, 0.3) is 0 Å². The van der Waals surface area contributed by atoms with E-state index >= 15 is 0 Å². The second-order valence-electron chi connectivity index (χ2n) is 5.40. The van der Waals surface area contributed by atoms with Gasteiger partial charge < -0.3 is 5.32 Å². The minimum atomic E-state index is 0.0282. The molecule has 0 bridgehead atoms. The highest BCUT2D eigenvalue weighted by molar-refractivity contribution is 8.00. The molecule has 25 heavy (non-hydrogen) atoms. The molecule has 0 unspecified atom stereocenters. The number of aryl methyl sites for hydroxylation is 1. The Balaban J connectivity index is 1.52. The third-order valence-electron chi connectivity index (χ3n) is 3.49. The number of aromatic nitrogens is 2. The molecule has 0 radical (unpaired) electrons. The molecule has 1 aromatic heterocycles. The molecule has 4 nitrogen and oxygen atoms in total. The van der Waals surface area contributed by atoms with Crippen molar-refractivity contribution in [2.24, 2.45) is 0 Å². The molecule has 0 saturated carbocycles. The number of carbonyl (C=O) groups is 1. The van der Waals surface area contributed by atoms with Crippen molar-refractivity contribution in [1.29, 1.82) is 0 Å². The maximum Gasteiger partial charge on any atom is 0.206 e. The molecule has 0 atom stereocenters. The van der Waals surface area contributed by atoms with E-state index in [1.807, 2.05) is 55.5 Å². The Hall–Kier alpha value is -1.89. The first-order valence-electron chi connectivity index (χ1n) is 7.65. The summed E-state index contributed by atoms with van der Waals surface area (Å²) in [7, 11) is 0. The molecular formula is C18H16ClN3OS2. The van der Waals surface area contributed by atoms with E-state index in [0.29, 0.717) is 10.7 Å². The first kappa shape index (κ1) is 17.9. The number of hydrogen-bond acceptors (Lipinski definition) is 6. The Labute approximate surface area is 159 Å². The average Bonchev–Trinajstić information content (AvgIpc) is 3.07. The summed E-state index contributed by atoms with van der Waals surface area (Å²) in [6.45, 7) is 2.20. The minimum absolute atomic E-state index is 0.0282. The fourth-order valence-electron chi connectivity index (χ4n) is 2.09. The predicted molar refractivity (Wildman–Crippen MR) is 105 cm³/mol. The lowest BCUT2D eigenvalue weighted by molar-refractivity contribution is 0.101. The zero-order chi connectivity index (χ0) is 17.6. The van der Waals surface area contributed by atoms with Crippen molar-refractivity contribution in [3.05, 3.63) is 70.2 Å². The highest BCUT2D eigenvalue weighted by atomic mass is 35.5. The van der Waals surface area contributed by atoms with Gasteiger partial charge in [0.1, 0.15) is 0 Å². The Kier molecular flexibility index (Phi) is 6.07. The highest BCUT2D eigenvalue weighted by Crippen LogP contribution is 2.30. The van der Waals surface area contributed by atoms with Crippen molar-refractivity contribution in [2.75, 3.05) is 11.9 Å². The molecule has 0 aliphatic rings. The molecule has 0 aliphatic carbocycles. The Morgan fingerprint density at radius 3 is 2.68 bits per heavy atom. The molecule has 0 amide bonds. The van der Waals surface area contributed by atoms with E-state index in [1.54, 1.807) is 11.8 Å². The van der Waals surface area contributed by atoms with Crippen LogP contribution in [0.25, 0.3) is 0 Å². The molecule has 3 aromatic rings. The van der Waals surface area contributed by atoms with E-state index in [1.165, 1.54) is 11.3 Å². The van der Waals surface area contributed by atoms with Crippen LogP contribution in [0.1, 0.15) is 21.5 Å². The van der Waals surface area contributed by atoms with Gasteiger partial charge in [-0.2, -0.15) is 0 Å². The van der Waals surface area contributed by atoms with Gasteiger partial charge in [0, 0.05) is 16.3 Å². The summed E-state index contributed by atoms with van der Waals surface area (Å²) in [5.41, 5.74) is 2.89. The van der Waals surface area contributed by atoms with Gasteiger partial charge in [-0.05, 0) is 18.6 Å². The number of nitrogens with zero attached hydrogens (tertiary/aromatic N) is 2. The maximum atomic E-state index is 12.2. The molecule has 0 saturated heterocycles. The summed E-state index contributed by atoms with van der Waals surface area (Å²) in [6.07, 6.45) is 0. The van der Waals surface area contributed by atoms with E-state index in [4.69, 9.17) is 11.6 Å². The molecule has 0 aliphatic heterocycles. The van der Waals surface area contributed by atoms with E-state index < -0.39 is 0 Å². The number of anilines is 1. The monoisotopic (exact) mass is 389 g/mol. The zero-order valence-corrected chi connectivity index (χ0v) is 15.9. The van der Waals surface area contributed by atoms with Crippen LogP contribution in [0.15, 0.2) is 52.9 Å². The number of rotatable bonds is 7. The first-order valence-corrected chi connectivity index (χ1v) is 9.83. The van der Waals surface area contributed by atoms with Crippen molar-refractivity contribution >= 4 is 45.6 Å². The third-order valence-corrected chi connectivity index (χ3v) is 5.92. The van der Waals surface area contributed by atoms with Gasteiger partial charge in [-0.1, -0.05) is 82.7 Å². The fourth-order valence-corrected chi connectivity index (χ4v) is 4.13. The SMILES string of the molecule is Cc1ccc(C(=O)CNc2nnc(SCc3ccccc3Cl)s2)cc1. The van der Waals surface area contributed by atoms with Gasteiger partial charge in [0.05, 0.1) is 6.54 Å². The van der Waals surface area contributed by atoms with Crippen LogP contribution in [-0.4, -0.2) is 22.5 Å². The van der Waals surface area contributed by atoms with Crippen LogP contribution in [0.2, 0.25) is 5.02 Å². The Morgan fingerprint density at radius 2 is 1.92 bits per heavy atom. The van der Waals surface area contributed by atoms with Gasteiger partial charge >= 0.3 is 0 Å². The molecule has 0 fully saturated rings. The second-order valence-corrected chi connectivity index (χ2v) is 8.00. The van der Waals surface area contributed by atoms with Crippen LogP contribution in [0, 0.1) is 6.92 Å². The smallest absolute Gasteiger partial charge is 0.206 e. The second kappa shape index (κ2) is 8.47. The van der Waals surface area contributed by atoms with Crippen LogP contribution in [-0.2, 0) is 5.75 Å². The van der Waals surface area contributed by atoms with E-state index in [-0.39, 0.29) is 12.3 Å². The number of ketones is 1. The lowest BCUT2D eigenvalue weighted by Crippen LogP contribution is -2.13. The third kappa shape index (κ3) is 5.04. The fraction of sp³-hybridized carbons (Fsp3) is 0.167. The topological polar surface area (TPSA) is 54.9 Å². The molecule has 7 heteroatoms. The average molecular weight is 390 g/mol. The number of nitrogens with one attached hydrogen (secondary N) is 1. The van der Waals surface area contributed by atoms with Gasteiger partial charge in [0.15, 0.2) is 10.1 Å². The normalized spacial score (nSPS) is 10.6. The summed E-state index contributed by atoms with van der Waals surface area (Å²) in [5, 5.41) is 12.7. The Bertz CT molecular complexity index is 865. The number of benzene rings is 2. The minimum Gasteiger partial charge on any atom is -0.353 e.